The number of nitrogens with zero attached hydrogens (tertiary/aromatic N) is 2. The Bertz CT molecular complexity index is 1110. The topological polar surface area (TPSA) is 119 Å². The van der Waals surface area contributed by atoms with E-state index in [9.17, 15) is 24.8 Å². The molecule has 0 atom stereocenters. The standard InChI is InChI=1S/C19H14N2O7S2/c1-27-13-8-7-10(15(18(23)24)16(13)28-2)9-14-17(22)20(19(29)30-14)11-5-3-4-6-12(11)21(25)26/h3-9H,1-2H3,(H,23,24)/b14-9-. The smallest absolute Gasteiger partial charge is 0.340 e. The van der Waals surface area contributed by atoms with E-state index in [-0.39, 0.29) is 43.2 Å². The van der Waals surface area contributed by atoms with Gasteiger partial charge in [0.15, 0.2) is 15.8 Å². The van der Waals surface area contributed by atoms with Gasteiger partial charge in [0, 0.05) is 6.07 Å². The van der Waals surface area contributed by atoms with Crippen LogP contribution >= 0.6 is 24.0 Å². The second-order valence-electron chi connectivity index (χ2n) is 5.83. The van der Waals surface area contributed by atoms with Crippen LogP contribution in [0.15, 0.2) is 41.3 Å². The number of carboxylic acid groups (broad SMARTS) is 1. The molecule has 0 aromatic heterocycles. The van der Waals surface area contributed by atoms with Crippen molar-refractivity contribution < 1.29 is 29.1 Å². The van der Waals surface area contributed by atoms with Crippen molar-refractivity contribution in [3.05, 3.63) is 62.5 Å². The second-order valence-corrected chi connectivity index (χ2v) is 7.51. The fraction of sp³-hybridized carbons (Fsp3) is 0.105. The summed E-state index contributed by atoms with van der Waals surface area (Å²) in [7, 11) is 2.68. The van der Waals surface area contributed by atoms with Crippen molar-refractivity contribution in [1.29, 1.82) is 0 Å². The summed E-state index contributed by atoms with van der Waals surface area (Å²) in [6.07, 6.45) is 1.36. The molecule has 0 radical (unpaired) electrons. The van der Waals surface area contributed by atoms with E-state index in [4.69, 9.17) is 21.7 Å². The summed E-state index contributed by atoms with van der Waals surface area (Å²) in [6.45, 7) is 0. The molecule has 1 amide bonds. The minimum Gasteiger partial charge on any atom is -0.493 e. The Morgan fingerprint density at radius 1 is 1.23 bits per heavy atom. The third-order valence-electron chi connectivity index (χ3n) is 4.19. The number of rotatable bonds is 6. The molecule has 1 aliphatic rings. The number of ether oxygens (including phenoxy) is 2. The first kappa shape index (κ1) is 21.3. The number of thiocarbonyl (C=S) groups is 1. The largest absolute Gasteiger partial charge is 0.493 e. The van der Waals surface area contributed by atoms with E-state index in [1.807, 2.05) is 0 Å². The lowest BCUT2D eigenvalue weighted by atomic mass is 10.0. The zero-order valence-corrected chi connectivity index (χ0v) is 17.3. The molecule has 3 rings (SSSR count). The number of benzene rings is 2. The maximum Gasteiger partial charge on any atom is 0.340 e. The summed E-state index contributed by atoms with van der Waals surface area (Å²) in [4.78, 5) is 36.7. The lowest BCUT2D eigenvalue weighted by Gasteiger charge is -2.14. The third-order valence-corrected chi connectivity index (χ3v) is 5.49. The number of nitro benzene ring substituents is 1. The number of hydrogen-bond acceptors (Lipinski definition) is 8. The molecular weight excluding hydrogens is 432 g/mol. The van der Waals surface area contributed by atoms with Crippen molar-refractivity contribution in [2.75, 3.05) is 19.1 Å². The first-order valence-electron chi connectivity index (χ1n) is 8.29. The van der Waals surface area contributed by atoms with Crippen molar-refractivity contribution in [2.24, 2.45) is 0 Å². The van der Waals surface area contributed by atoms with Crippen LogP contribution in [0.5, 0.6) is 11.5 Å². The van der Waals surface area contributed by atoms with Gasteiger partial charge in [-0.05, 0) is 23.8 Å². The number of nitro groups is 1. The highest BCUT2D eigenvalue weighted by atomic mass is 32.2. The minimum atomic E-state index is -1.27. The van der Waals surface area contributed by atoms with E-state index in [0.29, 0.717) is 0 Å². The molecular formula is C19H14N2O7S2. The molecule has 1 N–H and O–H groups in total. The molecule has 2 aromatic carbocycles. The van der Waals surface area contributed by atoms with Gasteiger partial charge in [0.05, 0.1) is 24.0 Å². The zero-order valence-electron chi connectivity index (χ0n) is 15.6. The molecule has 11 heteroatoms. The Morgan fingerprint density at radius 3 is 2.53 bits per heavy atom. The number of aromatic carboxylic acids is 1. The van der Waals surface area contributed by atoms with E-state index in [2.05, 4.69) is 0 Å². The van der Waals surface area contributed by atoms with Crippen molar-refractivity contribution in [3.63, 3.8) is 0 Å². The van der Waals surface area contributed by atoms with E-state index in [1.165, 1.54) is 50.6 Å². The number of thioether (sulfide) groups is 1. The molecule has 0 saturated carbocycles. The van der Waals surface area contributed by atoms with Crippen molar-refractivity contribution in [1.82, 2.24) is 0 Å². The van der Waals surface area contributed by atoms with Gasteiger partial charge in [-0.1, -0.05) is 42.2 Å². The predicted octanol–water partition coefficient (Wildman–Crippen LogP) is 3.72. The zero-order chi connectivity index (χ0) is 22.0. The normalized spacial score (nSPS) is 14.9. The minimum absolute atomic E-state index is 0.00734. The van der Waals surface area contributed by atoms with Gasteiger partial charge in [-0.2, -0.15) is 0 Å². The van der Waals surface area contributed by atoms with Crippen molar-refractivity contribution in [2.45, 2.75) is 0 Å². The van der Waals surface area contributed by atoms with E-state index < -0.39 is 16.8 Å². The highest BCUT2D eigenvalue weighted by Crippen LogP contribution is 2.41. The molecule has 1 saturated heterocycles. The maximum absolute atomic E-state index is 13.0. The van der Waals surface area contributed by atoms with Crippen LogP contribution in [0.1, 0.15) is 15.9 Å². The Hall–Kier alpha value is -3.44. The van der Waals surface area contributed by atoms with E-state index in [1.54, 1.807) is 6.07 Å². The summed E-state index contributed by atoms with van der Waals surface area (Å²) in [5.41, 5.74) is -0.220. The number of methoxy groups -OCH3 is 2. The van der Waals surface area contributed by atoms with E-state index in [0.717, 1.165) is 16.7 Å². The Balaban J connectivity index is 2.10. The number of hydrogen-bond donors (Lipinski definition) is 1. The fourth-order valence-corrected chi connectivity index (χ4v) is 4.18. The van der Waals surface area contributed by atoms with Gasteiger partial charge in [-0.15, -0.1) is 0 Å². The summed E-state index contributed by atoms with van der Waals surface area (Å²) in [5.74, 6) is -1.64. The number of carbonyl (C=O) groups is 2. The number of carbonyl (C=O) groups excluding carboxylic acids is 1. The van der Waals surface area contributed by atoms with Crippen LogP contribution in [0.2, 0.25) is 0 Å². The molecule has 30 heavy (non-hydrogen) atoms. The average Bonchev–Trinajstić information content (AvgIpc) is 2.99. The van der Waals surface area contributed by atoms with Crippen LogP contribution in [-0.2, 0) is 4.79 Å². The molecule has 0 bridgehead atoms. The predicted molar refractivity (Wildman–Crippen MR) is 115 cm³/mol. The first-order chi connectivity index (χ1) is 14.3. The molecule has 0 aliphatic carbocycles. The van der Waals surface area contributed by atoms with Crippen LogP contribution < -0.4 is 14.4 Å². The molecule has 1 aliphatic heterocycles. The molecule has 9 nitrogen and oxygen atoms in total. The molecule has 154 valence electrons. The quantitative estimate of drug-likeness (QED) is 0.306. The monoisotopic (exact) mass is 446 g/mol. The Kier molecular flexibility index (Phi) is 6.04. The Morgan fingerprint density at radius 2 is 1.93 bits per heavy atom. The van der Waals surface area contributed by atoms with Crippen LogP contribution in [0.25, 0.3) is 6.08 Å². The lowest BCUT2D eigenvalue weighted by molar-refractivity contribution is -0.384. The van der Waals surface area contributed by atoms with Crippen LogP contribution in [0.4, 0.5) is 11.4 Å². The number of amides is 1. The van der Waals surface area contributed by atoms with Gasteiger partial charge >= 0.3 is 5.97 Å². The van der Waals surface area contributed by atoms with Gasteiger partial charge in [0.25, 0.3) is 11.6 Å². The first-order valence-corrected chi connectivity index (χ1v) is 9.52. The van der Waals surface area contributed by atoms with Crippen molar-refractivity contribution >= 4 is 57.6 Å². The van der Waals surface area contributed by atoms with Gasteiger partial charge < -0.3 is 14.6 Å². The van der Waals surface area contributed by atoms with Crippen LogP contribution in [0, 0.1) is 10.1 Å². The lowest BCUT2D eigenvalue weighted by Crippen LogP contribution is -2.28. The molecule has 2 aromatic rings. The van der Waals surface area contributed by atoms with Crippen molar-refractivity contribution in [3.8, 4) is 11.5 Å². The third kappa shape index (κ3) is 3.72. The van der Waals surface area contributed by atoms with Gasteiger partial charge in [-0.3, -0.25) is 19.8 Å². The van der Waals surface area contributed by atoms with Gasteiger partial charge in [-0.25, -0.2) is 4.79 Å². The summed E-state index contributed by atoms with van der Waals surface area (Å²) in [5, 5.41) is 21.0. The number of carboxylic acids is 1. The highest BCUT2D eigenvalue weighted by molar-refractivity contribution is 8.27. The number of para-hydroxylation sites is 2. The fourth-order valence-electron chi connectivity index (χ4n) is 2.91. The maximum atomic E-state index is 13.0. The average molecular weight is 446 g/mol. The van der Waals surface area contributed by atoms with Gasteiger partial charge in [0.2, 0.25) is 0 Å². The van der Waals surface area contributed by atoms with Gasteiger partial charge in [0.1, 0.15) is 11.3 Å². The molecule has 0 spiro atoms. The summed E-state index contributed by atoms with van der Waals surface area (Å²) < 4.78 is 10.4. The SMILES string of the molecule is COc1ccc(/C=C2\SC(=S)N(c3ccccc3[N+](=O)[O-])C2=O)c(C(=O)O)c1OC. The molecule has 1 fully saturated rings. The van der Waals surface area contributed by atoms with Crippen LogP contribution in [0.3, 0.4) is 0 Å². The summed E-state index contributed by atoms with van der Waals surface area (Å²) in [6, 6.07) is 8.72. The summed E-state index contributed by atoms with van der Waals surface area (Å²) >= 11 is 6.17. The Labute approximate surface area is 180 Å². The van der Waals surface area contributed by atoms with E-state index >= 15 is 0 Å². The van der Waals surface area contributed by atoms with Crippen LogP contribution in [-0.4, -0.2) is 40.4 Å². The number of anilines is 1. The molecule has 0 unspecified atom stereocenters. The molecule has 1 heterocycles. The highest BCUT2D eigenvalue weighted by Gasteiger charge is 2.37. The second kappa shape index (κ2) is 8.51.